The molecule has 1 heterocycles. The van der Waals surface area contributed by atoms with Crippen LogP contribution in [0.25, 0.3) is 0 Å². The van der Waals surface area contributed by atoms with E-state index >= 15 is 0 Å². The summed E-state index contributed by atoms with van der Waals surface area (Å²) in [5, 5.41) is 3.42. The molecular weight excluding hydrogens is 226 g/mol. The molecule has 0 aromatic heterocycles. The zero-order chi connectivity index (χ0) is 13.0. The van der Waals surface area contributed by atoms with Gasteiger partial charge in [-0.1, -0.05) is 13.3 Å². The quantitative estimate of drug-likeness (QED) is 0.813. The van der Waals surface area contributed by atoms with E-state index in [4.69, 9.17) is 4.74 Å². The van der Waals surface area contributed by atoms with Gasteiger partial charge in [-0.25, -0.2) is 0 Å². The van der Waals surface area contributed by atoms with E-state index in [0.717, 1.165) is 43.5 Å². The van der Waals surface area contributed by atoms with Gasteiger partial charge in [0.05, 0.1) is 12.6 Å². The molecule has 1 saturated heterocycles. The standard InChI is InChI=1S/C15H21NO2/c1-3-9-15(10-4-11-16-15)14(17)12-5-7-13(18-2)8-6-12/h5-8,16H,3-4,9-11H2,1-2H3. The lowest BCUT2D eigenvalue weighted by atomic mass is 9.84. The van der Waals surface area contributed by atoms with Crippen molar-refractivity contribution in [1.29, 1.82) is 0 Å². The minimum absolute atomic E-state index is 0.226. The zero-order valence-electron chi connectivity index (χ0n) is 11.2. The summed E-state index contributed by atoms with van der Waals surface area (Å²) in [6.45, 7) is 3.07. The average Bonchev–Trinajstić information content (AvgIpc) is 2.88. The molecule has 1 aromatic rings. The van der Waals surface area contributed by atoms with Crippen LogP contribution in [0.2, 0.25) is 0 Å². The second-order valence-electron chi connectivity index (χ2n) is 4.92. The molecule has 1 aromatic carbocycles. The fraction of sp³-hybridized carbons (Fsp3) is 0.533. The summed E-state index contributed by atoms with van der Waals surface area (Å²) < 4.78 is 5.12. The molecule has 1 N–H and O–H groups in total. The lowest BCUT2D eigenvalue weighted by molar-refractivity contribution is 0.0857. The maximum Gasteiger partial charge on any atom is 0.182 e. The Balaban J connectivity index is 2.22. The van der Waals surface area contributed by atoms with E-state index in [2.05, 4.69) is 12.2 Å². The molecule has 1 aliphatic rings. The summed E-state index contributed by atoms with van der Waals surface area (Å²) >= 11 is 0. The lowest BCUT2D eigenvalue weighted by Crippen LogP contribution is -2.47. The van der Waals surface area contributed by atoms with Crippen LogP contribution in [0.5, 0.6) is 5.75 Å². The van der Waals surface area contributed by atoms with Crippen LogP contribution in [-0.4, -0.2) is 25.0 Å². The number of rotatable bonds is 5. The Morgan fingerprint density at radius 3 is 2.61 bits per heavy atom. The van der Waals surface area contributed by atoms with Crippen LogP contribution in [0, 0.1) is 0 Å². The number of nitrogens with one attached hydrogen (secondary N) is 1. The predicted molar refractivity (Wildman–Crippen MR) is 72.2 cm³/mol. The summed E-state index contributed by atoms with van der Waals surface area (Å²) in [5.74, 6) is 1.01. The van der Waals surface area contributed by atoms with Gasteiger partial charge in [0.15, 0.2) is 5.78 Å². The van der Waals surface area contributed by atoms with Gasteiger partial charge in [-0.15, -0.1) is 0 Å². The molecule has 1 atom stereocenters. The van der Waals surface area contributed by atoms with E-state index in [1.165, 1.54) is 0 Å². The van der Waals surface area contributed by atoms with Gasteiger partial charge >= 0.3 is 0 Å². The van der Waals surface area contributed by atoms with Crippen molar-refractivity contribution in [1.82, 2.24) is 5.32 Å². The number of carbonyl (C=O) groups excluding carboxylic acids is 1. The van der Waals surface area contributed by atoms with Gasteiger partial charge in [0.1, 0.15) is 5.75 Å². The first kappa shape index (κ1) is 13.1. The number of hydrogen-bond acceptors (Lipinski definition) is 3. The number of methoxy groups -OCH3 is 1. The van der Waals surface area contributed by atoms with Crippen molar-refractivity contribution >= 4 is 5.78 Å². The molecule has 0 amide bonds. The summed E-state index contributed by atoms with van der Waals surface area (Å²) in [6, 6.07) is 7.42. The Hall–Kier alpha value is -1.35. The molecule has 18 heavy (non-hydrogen) atoms. The molecule has 3 nitrogen and oxygen atoms in total. The van der Waals surface area contributed by atoms with Crippen LogP contribution < -0.4 is 10.1 Å². The van der Waals surface area contributed by atoms with Crippen molar-refractivity contribution in [3.63, 3.8) is 0 Å². The Labute approximate surface area is 109 Å². The summed E-state index contributed by atoms with van der Waals surface area (Å²) in [6.07, 6.45) is 3.97. The van der Waals surface area contributed by atoms with E-state index in [0.29, 0.717) is 0 Å². The van der Waals surface area contributed by atoms with Crippen molar-refractivity contribution in [2.24, 2.45) is 0 Å². The molecule has 0 bridgehead atoms. The number of Topliss-reactive ketones (excluding diaryl/α,β-unsaturated/α-hetero) is 1. The first-order chi connectivity index (χ1) is 8.72. The van der Waals surface area contributed by atoms with Crippen LogP contribution in [0.4, 0.5) is 0 Å². The maximum absolute atomic E-state index is 12.7. The third-order valence-electron chi connectivity index (χ3n) is 3.71. The highest BCUT2D eigenvalue weighted by Crippen LogP contribution is 2.29. The fourth-order valence-electron chi connectivity index (χ4n) is 2.77. The van der Waals surface area contributed by atoms with Gasteiger partial charge in [-0.2, -0.15) is 0 Å². The minimum atomic E-state index is -0.330. The highest BCUT2D eigenvalue weighted by molar-refractivity contribution is 6.03. The summed E-state index contributed by atoms with van der Waals surface area (Å²) in [5.41, 5.74) is 0.447. The van der Waals surface area contributed by atoms with Gasteiger partial charge in [-0.3, -0.25) is 4.79 Å². The Morgan fingerprint density at radius 2 is 2.11 bits per heavy atom. The van der Waals surface area contributed by atoms with Crippen molar-refractivity contribution < 1.29 is 9.53 Å². The van der Waals surface area contributed by atoms with Crippen molar-refractivity contribution in [2.75, 3.05) is 13.7 Å². The molecule has 0 spiro atoms. The number of hydrogen-bond donors (Lipinski definition) is 1. The Kier molecular flexibility index (Phi) is 4.02. The Bertz CT molecular complexity index is 405. The lowest BCUT2D eigenvalue weighted by Gasteiger charge is -2.27. The van der Waals surface area contributed by atoms with E-state index in [9.17, 15) is 4.79 Å². The van der Waals surface area contributed by atoms with E-state index in [-0.39, 0.29) is 11.3 Å². The molecule has 1 unspecified atom stereocenters. The monoisotopic (exact) mass is 247 g/mol. The van der Waals surface area contributed by atoms with E-state index < -0.39 is 0 Å². The number of carbonyl (C=O) groups is 1. The number of ether oxygens (including phenoxy) is 1. The number of ketones is 1. The van der Waals surface area contributed by atoms with Crippen LogP contribution in [0.3, 0.4) is 0 Å². The molecule has 3 heteroatoms. The molecule has 0 aliphatic carbocycles. The zero-order valence-corrected chi connectivity index (χ0v) is 11.2. The van der Waals surface area contributed by atoms with Crippen molar-refractivity contribution in [3.8, 4) is 5.75 Å². The third-order valence-corrected chi connectivity index (χ3v) is 3.71. The van der Waals surface area contributed by atoms with Crippen molar-refractivity contribution in [2.45, 2.75) is 38.1 Å². The third kappa shape index (κ3) is 2.41. The van der Waals surface area contributed by atoms with Crippen LogP contribution >= 0.6 is 0 Å². The van der Waals surface area contributed by atoms with Crippen LogP contribution in [0.15, 0.2) is 24.3 Å². The molecular formula is C15H21NO2. The van der Waals surface area contributed by atoms with Gasteiger partial charge in [0.25, 0.3) is 0 Å². The van der Waals surface area contributed by atoms with Crippen LogP contribution in [-0.2, 0) is 0 Å². The molecule has 2 rings (SSSR count). The van der Waals surface area contributed by atoms with Crippen molar-refractivity contribution in [3.05, 3.63) is 29.8 Å². The fourth-order valence-corrected chi connectivity index (χ4v) is 2.77. The van der Waals surface area contributed by atoms with E-state index in [1.54, 1.807) is 7.11 Å². The number of benzene rings is 1. The smallest absolute Gasteiger partial charge is 0.182 e. The average molecular weight is 247 g/mol. The first-order valence-corrected chi connectivity index (χ1v) is 6.66. The molecule has 0 radical (unpaired) electrons. The van der Waals surface area contributed by atoms with Gasteiger partial charge < -0.3 is 10.1 Å². The highest BCUT2D eigenvalue weighted by Gasteiger charge is 2.40. The normalized spacial score (nSPS) is 23.0. The van der Waals surface area contributed by atoms with E-state index in [1.807, 2.05) is 24.3 Å². The van der Waals surface area contributed by atoms with Gasteiger partial charge in [0, 0.05) is 5.56 Å². The highest BCUT2D eigenvalue weighted by atomic mass is 16.5. The largest absolute Gasteiger partial charge is 0.497 e. The predicted octanol–water partition coefficient (Wildman–Crippen LogP) is 2.80. The molecule has 0 saturated carbocycles. The topological polar surface area (TPSA) is 38.3 Å². The van der Waals surface area contributed by atoms with Gasteiger partial charge in [-0.05, 0) is 50.1 Å². The molecule has 98 valence electrons. The summed E-state index contributed by atoms with van der Waals surface area (Å²) in [7, 11) is 1.63. The molecule has 1 aliphatic heterocycles. The van der Waals surface area contributed by atoms with Crippen LogP contribution in [0.1, 0.15) is 43.0 Å². The Morgan fingerprint density at radius 1 is 1.39 bits per heavy atom. The second kappa shape index (κ2) is 5.53. The van der Waals surface area contributed by atoms with Gasteiger partial charge in [0.2, 0.25) is 0 Å². The SMILES string of the molecule is CCCC1(C(=O)c2ccc(OC)cc2)CCCN1. The first-order valence-electron chi connectivity index (χ1n) is 6.66. The molecule has 1 fully saturated rings. The minimum Gasteiger partial charge on any atom is -0.497 e. The summed E-state index contributed by atoms with van der Waals surface area (Å²) in [4.78, 5) is 12.7. The maximum atomic E-state index is 12.7. The second-order valence-corrected chi connectivity index (χ2v) is 4.92.